The Morgan fingerprint density at radius 3 is 2.26 bits per heavy atom. The first-order valence-corrected chi connectivity index (χ1v) is 13.7. The Kier molecular flexibility index (Phi) is 10.1. The summed E-state index contributed by atoms with van der Waals surface area (Å²) < 4.78 is 25.8. The minimum absolute atomic E-state index is 0. The largest absolute Gasteiger partial charge is 0.309 e. The third-order valence-electron chi connectivity index (χ3n) is 5.60. The molecule has 0 atom stereocenters. The maximum absolute atomic E-state index is 13.3. The first-order chi connectivity index (χ1) is 15.6. The van der Waals surface area contributed by atoms with E-state index in [4.69, 9.17) is 4.98 Å². The van der Waals surface area contributed by atoms with Gasteiger partial charge in [-0.2, -0.15) is 0 Å². The number of rotatable bonds is 10. The molecule has 0 radical (unpaired) electrons. The standard InChI is InChI=1S/C25H33N3O3S2.ClH/c1-6-19-10-13-22-23(16-19)32-25(26-22)28(15-7-14-27(4)5)24(29)17-20-8-11-21(12-9-20)33(30,31)18(2)3;/h8-13,16,18H,6-7,14-15,17H2,1-5H3;1H. The second-order valence-electron chi connectivity index (χ2n) is 8.77. The van der Waals surface area contributed by atoms with Gasteiger partial charge in [-0.3, -0.25) is 9.69 Å². The molecule has 0 aliphatic heterocycles. The molecular weight excluding hydrogens is 490 g/mol. The van der Waals surface area contributed by atoms with Gasteiger partial charge in [-0.05, 0) is 82.7 Å². The summed E-state index contributed by atoms with van der Waals surface area (Å²) in [4.78, 5) is 22.2. The molecule has 34 heavy (non-hydrogen) atoms. The van der Waals surface area contributed by atoms with Crippen LogP contribution in [0.3, 0.4) is 0 Å². The van der Waals surface area contributed by atoms with E-state index in [9.17, 15) is 13.2 Å². The number of aryl methyl sites for hydroxylation is 1. The monoisotopic (exact) mass is 523 g/mol. The maximum atomic E-state index is 13.3. The first kappa shape index (κ1) is 28.2. The van der Waals surface area contributed by atoms with Crippen molar-refractivity contribution in [2.75, 3.05) is 32.1 Å². The quantitative estimate of drug-likeness (QED) is 0.374. The maximum Gasteiger partial charge on any atom is 0.233 e. The summed E-state index contributed by atoms with van der Waals surface area (Å²) in [6.45, 7) is 6.91. The summed E-state index contributed by atoms with van der Waals surface area (Å²) in [6, 6.07) is 12.9. The number of anilines is 1. The molecule has 2 aromatic carbocycles. The zero-order chi connectivity index (χ0) is 24.2. The molecule has 0 saturated carbocycles. The Bertz CT molecular complexity index is 1210. The fraction of sp³-hybridized carbons (Fsp3) is 0.440. The molecule has 6 nitrogen and oxygen atoms in total. The van der Waals surface area contributed by atoms with Crippen molar-refractivity contribution >= 4 is 54.8 Å². The van der Waals surface area contributed by atoms with Gasteiger partial charge >= 0.3 is 0 Å². The summed E-state index contributed by atoms with van der Waals surface area (Å²) in [6.07, 6.45) is 1.98. The minimum Gasteiger partial charge on any atom is -0.309 e. The van der Waals surface area contributed by atoms with Crippen molar-refractivity contribution < 1.29 is 13.2 Å². The zero-order valence-electron chi connectivity index (χ0n) is 20.4. The van der Waals surface area contributed by atoms with E-state index >= 15 is 0 Å². The molecule has 0 saturated heterocycles. The number of hydrogen-bond acceptors (Lipinski definition) is 6. The van der Waals surface area contributed by atoms with Gasteiger partial charge in [-0.1, -0.05) is 36.5 Å². The van der Waals surface area contributed by atoms with Crippen LogP contribution < -0.4 is 4.90 Å². The van der Waals surface area contributed by atoms with Crippen LogP contribution in [0.15, 0.2) is 47.4 Å². The van der Waals surface area contributed by atoms with Gasteiger partial charge in [0.2, 0.25) is 5.91 Å². The van der Waals surface area contributed by atoms with Gasteiger partial charge in [0.05, 0.1) is 26.8 Å². The number of sulfone groups is 1. The number of aromatic nitrogens is 1. The number of hydrogen-bond donors (Lipinski definition) is 0. The fourth-order valence-electron chi connectivity index (χ4n) is 3.50. The Labute approximate surface area is 213 Å². The van der Waals surface area contributed by atoms with Gasteiger partial charge in [-0.15, -0.1) is 12.4 Å². The molecule has 0 aliphatic rings. The van der Waals surface area contributed by atoms with Gasteiger partial charge in [0.25, 0.3) is 0 Å². The van der Waals surface area contributed by atoms with E-state index in [1.807, 2.05) is 20.2 Å². The molecule has 1 amide bonds. The van der Waals surface area contributed by atoms with Crippen LogP contribution >= 0.6 is 23.7 Å². The SMILES string of the molecule is CCc1ccc2nc(N(CCCN(C)C)C(=O)Cc3ccc(S(=O)(=O)C(C)C)cc3)sc2c1.Cl. The van der Waals surface area contributed by atoms with Crippen LogP contribution in [0.2, 0.25) is 0 Å². The second kappa shape index (κ2) is 12.1. The van der Waals surface area contributed by atoms with Gasteiger partial charge in [-0.25, -0.2) is 13.4 Å². The molecule has 0 N–H and O–H groups in total. The number of amides is 1. The van der Waals surface area contributed by atoms with Crippen molar-refractivity contribution in [3.63, 3.8) is 0 Å². The van der Waals surface area contributed by atoms with E-state index in [0.717, 1.165) is 35.2 Å². The average Bonchev–Trinajstić information content (AvgIpc) is 3.19. The molecule has 3 rings (SSSR count). The number of halogens is 1. The molecular formula is C25H34ClN3O3S2. The highest BCUT2D eigenvalue weighted by Crippen LogP contribution is 2.30. The first-order valence-electron chi connectivity index (χ1n) is 11.3. The van der Waals surface area contributed by atoms with Crippen LogP contribution in [-0.4, -0.2) is 56.6 Å². The molecule has 1 heterocycles. The topological polar surface area (TPSA) is 70.6 Å². The molecule has 9 heteroatoms. The van der Waals surface area contributed by atoms with E-state index in [0.29, 0.717) is 11.7 Å². The van der Waals surface area contributed by atoms with Crippen LogP contribution in [0.5, 0.6) is 0 Å². The highest BCUT2D eigenvalue weighted by Gasteiger charge is 2.22. The summed E-state index contributed by atoms with van der Waals surface area (Å²) in [5.74, 6) is -0.0389. The Morgan fingerprint density at radius 1 is 1.03 bits per heavy atom. The van der Waals surface area contributed by atoms with Crippen LogP contribution in [0, 0.1) is 0 Å². The predicted molar refractivity (Wildman–Crippen MR) is 144 cm³/mol. The lowest BCUT2D eigenvalue weighted by Crippen LogP contribution is -2.34. The number of benzene rings is 2. The average molecular weight is 524 g/mol. The highest BCUT2D eigenvalue weighted by atomic mass is 35.5. The van der Waals surface area contributed by atoms with Crippen LogP contribution in [0.25, 0.3) is 10.2 Å². The minimum atomic E-state index is -3.33. The summed E-state index contributed by atoms with van der Waals surface area (Å²) >= 11 is 1.54. The van der Waals surface area contributed by atoms with Crippen LogP contribution in [0.1, 0.15) is 38.3 Å². The van der Waals surface area contributed by atoms with E-state index < -0.39 is 15.1 Å². The van der Waals surface area contributed by atoms with Gasteiger partial charge in [0.1, 0.15) is 0 Å². The molecule has 3 aromatic rings. The lowest BCUT2D eigenvalue weighted by Gasteiger charge is -2.21. The summed E-state index contributed by atoms with van der Waals surface area (Å²) in [7, 11) is 0.703. The van der Waals surface area contributed by atoms with Crippen molar-refractivity contribution in [3.8, 4) is 0 Å². The molecule has 0 fully saturated rings. The van der Waals surface area contributed by atoms with E-state index in [2.05, 4.69) is 24.0 Å². The molecule has 0 bridgehead atoms. The van der Waals surface area contributed by atoms with Gasteiger partial charge in [0.15, 0.2) is 15.0 Å². The Balaban J connectivity index is 0.00000408. The third kappa shape index (κ3) is 6.78. The van der Waals surface area contributed by atoms with Crippen LogP contribution in [0.4, 0.5) is 5.13 Å². The number of nitrogens with zero attached hydrogens (tertiary/aromatic N) is 3. The second-order valence-corrected chi connectivity index (χ2v) is 12.3. The van der Waals surface area contributed by atoms with Crippen molar-refractivity contribution in [1.29, 1.82) is 0 Å². The zero-order valence-corrected chi connectivity index (χ0v) is 22.9. The van der Waals surface area contributed by atoms with Crippen molar-refractivity contribution in [2.24, 2.45) is 0 Å². The molecule has 1 aromatic heterocycles. The fourth-order valence-corrected chi connectivity index (χ4v) is 5.64. The molecule has 0 spiro atoms. The number of thiazole rings is 1. The van der Waals surface area contributed by atoms with E-state index in [1.165, 1.54) is 5.56 Å². The van der Waals surface area contributed by atoms with Gasteiger partial charge < -0.3 is 4.90 Å². The molecule has 0 aliphatic carbocycles. The number of fused-ring (bicyclic) bond motifs is 1. The molecule has 0 unspecified atom stereocenters. The normalized spacial score (nSPS) is 11.7. The van der Waals surface area contributed by atoms with Crippen LogP contribution in [-0.2, 0) is 27.5 Å². The lowest BCUT2D eigenvalue weighted by atomic mass is 10.1. The van der Waals surface area contributed by atoms with Crippen molar-refractivity contribution in [3.05, 3.63) is 53.6 Å². The summed E-state index contributed by atoms with van der Waals surface area (Å²) in [5, 5.41) is 0.227. The number of carbonyl (C=O) groups excluding carboxylic acids is 1. The predicted octanol–water partition coefficient (Wildman–Crippen LogP) is 4.99. The third-order valence-corrected chi connectivity index (χ3v) is 8.81. The smallest absolute Gasteiger partial charge is 0.233 e. The van der Waals surface area contributed by atoms with E-state index in [1.54, 1.807) is 54.3 Å². The summed E-state index contributed by atoms with van der Waals surface area (Å²) in [5.41, 5.74) is 2.94. The van der Waals surface area contributed by atoms with E-state index in [-0.39, 0.29) is 29.6 Å². The number of carbonyl (C=O) groups is 1. The van der Waals surface area contributed by atoms with Crippen molar-refractivity contribution in [1.82, 2.24) is 9.88 Å². The Morgan fingerprint density at radius 2 is 1.68 bits per heavy atom. The van der Waals surface area contributed by atoms with Gasteiger partial charge in [0, 0.05) is 6.54 Å². The lowest BCUT2D eigenvalue weighted by molar-refractivity contribution is -0.118. The van der Waals surface area contributed by atoms with Crippen molar-refractivity contribution in [2.45, 2.75) is 50.2 Å². The Hall–Kier alpha value is -2.00. The molecule has 186 valence electrons. The highest BCUT2D eigenvalue weighted by molar-refractivity contribution is 7.92.